The molecule has 1 aliphatic carbocycles. The van der Waals surface area contributed by atoms with E-state index >= 15 is 0 Å². The molecule has 1 unspecified atom stereocenters. The number of hydrogen-bond acceptors (Lipinski definition) is 3. The molecule has 0 saturated carbocycles. The van der Waals surface area contributed by atoms with E-state index < -0.39 is 0 Å². The summed E-state index contributed by atoms with van der Waals surface area (Å²) in [4.78, 5) is 15.2. The van der Waals surface area contributed by atoms with Crippen LogP contribution in [0.5, 0.6) is 0 Å². The van der Waals surface area contributed by atoms with E-state index in [1.165, 1.54) is 10.4 Å². The molecule has 106 valence electrons. The minimum atomic E-state index is 0.235. The molecule has 1 heterocycles. The van der Waals surface area contributed by atoms with E-state index in [0.29, 0.717) is 12.5 Å². The van der Waals surface area contributed by atoms with E-state index in [1.54, 1.807) is 11.3 Å². The van der Waals surface area contributed by atoms with Crippen LogP contribution in [0.25, 0.3) is 0 Å². The van der Waals surface area contributed by atoms with E-state index in [9.17, 15) is 4.79 Å². The molecular formula is C14H21ClN2OS. The van der Waals surface area contributed by atoms with Crippen LogP contribution < -0.4 is 5.32 Å². The standard InChI is InChI=1S/C14H21ClN2OS/c1-3-17(4-2)14(18)7-8-16-11-5-6-12-10(11)9-13(15)19-12/h9,11,16H,3-8H2,1-2H3. The van der Waals surface area contributed by atoms with Gasteiger partial charge in [-0.3, -0.25) is 4.79 Å². The Hall–Kier alpha value is -0.580. The van der Waals surface area contributed by atoms with Crippen LogP contribution in [-0.4, -0.2) is 30.4 Å². The van der Waals surface area contributed by atoms with Crippen LogP contribution in [0.2, 0.25) is 4.34 Å². The normalized spacial score (nSPS) is 17.5. The van der Waals surface area contributed by atoms with Crippen molar-refractivity contribution >= 4 is 28.8 Å². The fourth-order valence-electron chi connectivity index (χ4n) is 2.63. The van der Waals surface area contributed by atoms with Crippen molar-refractivity contribution in [3.8, 4) is 0 Å². The molecule has 1 aromatic heterocycles. The molecule has 1 N–H and O–H groups in total. The molecule has 19 heavy (non-hydrogen) atoms. The van der Waals surface area contributed by atoms with Crippen LogP contribution in [0, 0.1) is 0 Å². The zero-order chi connectivity index (χ0) is 13.8. The van der Waals surface area contributed by atoms with E-state index in [2.05, 4.69) is 11.4 Å². The van der Waals surface area contributed by atoms with Gasteiger partial charge in [0, 0.05) is 37.0 Å². The number of nitrogens with zero attached hydrogens (tertiary/aromatic N) is 1. The highest BCUT2D eigenvalue weighted by atomic mass is 35.5. The minimum Gasteiger partial charge on any atom is -0.343 e. The molecular weight excluding hydrogens is 280 g/mol. The van der Waals surface area contributed by atoms with Crippen LogP contribution in [-0.2, 0) is 11.2 Å². The number of thiophene rings is 1. The SMILES string of the molecule is CCN(CC)C(=O)CCNC1CCc2sc(Cl)cc21. The molecule has 0 bridgehead atoms. The molecule has 0 spiro atoms. The first kappa shape index (κ1) is 14.8. The number of aryl methyl sites for hydroxylation is 1. The Bertz CT molecular complexity index is 443. The van der Waals surface area contributed by atoms with Crippen LogP contribution in [0.15, 0.2) is 6.07 Å². The first-order chi connectivity index (χ1) is 9.15. The zero-order valence-electron chi connectivity index (χ0n) is 11.5. The number of amides is 1. The predicted molar refractivity (Wildman–Crippen MR) is 80.9 cm³/mol. The maximum Gasteiger partial charge on any atom is 0.223 e. The van der Waals surface area contributed by atoms with E-state index in [1.807, 2.05) is 18.7 Å². The maximum absolute atomic E-state index is 11.9. The second kappa shape index (κ2) is 6.73. The largest absolute Gasteiger partial charge is 0.343 e. The molecule has 0 aliphatic heterocycles. The summed E-state index contributed by atoms with van der Waals surface area (Å²) < 4.78 is 0.871. The van der Waals surface area contributed by atoms with Crippen LogP contribution in [0.4, 0.5) is 0 Å². The molecule has 0 radical (unpaired) electrons. The van der Waals surface area contributed by atoms with E-state index in [0.717, 1.165) is 36.8 Å². The van der Waals surface area contributed by atoms with Crippen LogP contribution in [0.1, 0.15) is 43.2 Å². The lowest BCUT2D eigenvalue weighted by molar-refractivity contribution is -0.130. The van der Waals surface area contributed by atoms with Crippen molar-refractivity contribution < 1.29 is 4.79 Å². The van der Waals surface area contributed by atoms with Gasteiger partial charge in [-0.25, -0.2) is 0 Å². The van der Waals surface area contributed by atoms with Gasteiger partial charge in [-0.2, -0.15) is 0 Å². The molecule has 5 heteroatoms. The number of halogens is 1. The number of nitrogens with one attached hydrogen (secondary N) is 1. The van der Waals surface area contributed by atoms with Gasteiger partial charge in [0.1, 0.15) is 0 Å². The maximum atomic E-state index is 11.9. The Balaban J connectivity index is 1.79. The average Bonchev–Trinajstić information content (AvgIpc) is 2.91. The fraction of sp³-hybridized carbons (Fsp3) is 0.643. The monoisotopic (exact) mass is 300 g/mol. The molecule has 1 aliphatic rings. The number of fused-ring (bicyclic) bond motifs is 1. The first-order valence-electron chi connectivity index (χ1n) is 6.95. The third-order valence-corrected chi connectivity index (χ3v) is 5.03. The smallest absolute Gasteiger partial charge is 0.223 e. The van der Waals surface area contributed by atoms with Crippen molar-refractivity contribution in [2.24, 2.45) is 0 Å². The van der Waals surface area contributed by atoms with Gasteiger partial charge in [-0.1, -0.05) is 11.6 Å². The lowest BCUT2D eigenvalue weighted by atomic mass is 10.2. The topological polar surface area (TPSA) is 32.3 Å². The summed E-state index contributed by atoms with van der Waals surface area (Å²) in [6.07, 6.45) is 2.80. The first-order valence-corrected chi connectivity index (χ1v) is 8.14. The summed E-state index contributed by atoms with van der Waals surface area (Å²) in [7, 11) is 0. The molecule has 0 fully saturated rings. The highest BCUT2D eigenvalue weighted by Crippen LogP contribution is 2.39. The highest BCUT2D eigenvalue weighted by molar-refractivity contribution is 7.16. The van der Waals surface area contributed by atoms with Crippen molar-refractivity contribution in [3.05, 3.63) is 20.8 Å². The van der Waals surface area contributed by atoms with Gasteiger partial charge in [0.15, 0.2) is 0 Å². The van der Waals surface area contributed by atoms with Crippen LogP contribution >= 0.6 is 22.9 Å². The van der Waals surface area contributed by atoms with Gasteiger partial charge in [-0.05, 0) is 38.3 Å². The van der Waals surface area contributed by atoms with E-state index in [4.69, 9.17) is 11.6 Å². The van der Waals surface area contributed by atoms with Gasteiger partial charge >= 0.3 is 0 Å². The molecule has 0 saturated heterocycles. The summed E-state index contributed by atoms with van der Waals surface area (Å²) in [5, 5.41) is 3.49. The van der Waals surface area contributed by atoms with Gasteiger partial charge in [0.05, 0.1) is 4.34 Å². The summed E-state index contributed by atoms with van der Waals surface area (Å²) in [6.45, 7) is 6.37. The molecule has 1 amide bonds. The lowest BCUT2D eigenvalue weighted by Gasteiger charge is -2.19. The average molecular weight is 301 g/mol. The summed E-state index contributed by atoms with van der Waals surface area (Å²) in [5.74, 6) is 0.235. The Kier molecular flexibility index (Phi) is 5.25. The second-order valence-electron chi connectivity index (χ2n) is 4.79. The number of carbonyl (C=O) groups excluding carboxylic acids is 1. The Morgan fingerprint density at radius 1 is 1.53 bits per heavy atom. The summed E-state index contributed by atoms with van der Waals surface area (Å²) >= 11 is 7.72. The number of hydrogen-bond donors (Lipinski definition) is 1. The Labute approximate surface area is 123 Å². The van der Waals surface area contributed by atoms with Gasteiger partial charge in [0.25, 0.3) is 0 Å². The van der Waals surface area contributed by atoms with Gasteiger partial charge < -0.3 is 10.2 Å². The summed E-state index contributed by atoms with van der Waals surface area (Å²) in [5.41, 5.74) is 1.34. The molecule has 1 atom stereocenters. The third-order valence-electron chi connectivity index (χ3n) is 3.69. The van der Waals surface area contributed by atoms with Crippen molar-refractivity contribution in [2.75, 3.05) is 19.6 Å². The lowest BCUT2D eigenvalue weighted by Crippen LogP contribution is -2.33. The number of rotatable bonds is 6. The molecule has 3 nitrogen and oxygen atoms in total. The minimum absolute atomic E-state index is 0.235. The highest BCUT2D eigenvalue weighted by Gasteiger charge is 2.24. The van der Waals surface area contributed by atoms with Crippen molar-refractivity contribution in [2.45, 2.75) is 39.2 Å². The molecule has 2 rings (SSSR count). The quantitative estimate of drug-likeness (QED) is 0.875. The van der Waals surface area contributed by atoms with Gasteiger partial charge in [0.2, 0.25) is 5.91 Å². The van der Waals surface area contributed by atoms with Crippen molar-refractivity contribution in [3.63, 3.8) is 0 Å². The Morgan fingerprint density at radius 2 is 2.26 bits per heavy atom. The van der Waals surface area contributed by atoms with Gasteiger partial charge in [-0.15, -0.1) is 11.3 Å². The summed E-state index contributed by atoms with van der Waals surface area (Å²) in [6, 6.07) is 2.45. The van der Waals surface area contributed by atoms with E-state index in [-0.39, 0.29) is 5.91 Å². The van der Waals surface area contributed by atoms with Crippen molar-refractivity contribution in [1.82, 2.24) is 10.2 Å². The predicted octanol–water partition coefficient (Wildman–Crippen LogP) is 3.24. The third kappa shape index (κ3) is 3.50. The van der Waals surface area contributed by atoms with Crippen LogP contribution in [0.3, 0.4) is 0 Å². The molecule has 0 aromatic carbocycles. The van der Waals surface area contributed by atoms with Crippen molar-refractivity contribution in [1.29, 1.82) is 0 Å². The fourth-order valence-corrected chi connectivity index (χ4v) is 3.99. The zero-order valence-corrected chi connectivity index (χ0v) is 13.1. The second-order valence-corrected chi connectivity index (χ2v) is 6.56. The number of carbonyl (C=O) groups is 1. The Morgan fingerprint density at radius 3 is 2.95 bits per heavy atom. The molecule has 1 aromatic rings.